The van der Waals surface area contributed by atoms with E-state index >= 15 is 0 Å². The first-order chi connectivity index (χ1) is 8.19. The minimum atomic E-state index is -0.781. The van der Waals surface area contributed by atoms with Crippen molar-refractivity contribution in [1.29, 1.82) is 0 Å². The zero-order valence-electron chi connectivity index (χ0n) is 9.29. The Morgan fingerprint density at radius 1 is 1.53 bits per heavy atom. The topological polar surface area (TPSA) is 77.2 Å². The van der Waals surface area contributed by atoms with Crippen LogP contribution in [0.15, 0.2) is 29.3 Å². The van der Waals surface area contributed by atoms with Gasteiger partial charge in [0.05, 0.1) is 5.69 Å². The molecule has 0 spiro atoms. The molecule has 3 atom stereocenters. The summed E-state index contributed by atoms with van der Waals surface area (Å²) in [5, 5.41) is 0. The van der Waals surface area contributed by atoms with Crippen LogP contribution in [-0.2, 0) is 19.9 Å². The lowest BCUT2D eigenvalue weighted by atomic mass is 9.90. The summed E-state index contributed by atoms with van der Waals surface area (Å²) >= 11 is 0. The predicted molar refractivity (Wildman–Crippen MR) is 61.1 cm³/mol. The lowest BCUT2D eigenvalue weighted by Crippen LogP contribution is -2.38. The molecule has 0 bridgehead atoms. The van der Waals surface area contributed by atoms with Crippen molar-refractivity contribution in [2.24, 2.45) is 10.7 Å². The standard InChI is InChI=1S/C12H12N2O3/c1-16-12(10-9(17-10)11(13)15)6-14-8-5-3-2-4-7(8)12/h2-6,9-10H,1H3,(H2,13,15). The molecule has 2 aliphatic rings. The van der Waals surface area contributed by atoms with Gasteiger partial charge in [-0.15, -0.1) is 0 Å². The molecule has 3 unspecified atom stereocenters. The van der Waals surface area contributed by atoms with Crippen molar-refractivity contribution in [3.63, 3.8) is 0 Å². The van der Waals surface area contributed by atoms with E-state index in [0.717, 1.165) is 11.3 Å². The van der Waals surface area contributed by atoms with Gasteiger partial charge in [0.25, 0.3) is 0 Å². The van der Waals surface area contributed by atoms with Crippen LogP contribution in [0.2, 0.25) is 0 Å². The van der Waals surface area contributed by atoms with E-state index in [4.69, 9.17) is 15.2 Å². The molecule has 0 aromatic heterocycles. The van der Waals surface area contributed by atoms with Crippen LogP contribution in [0.25, 0.3) is 0 Å². The number of nitrogens with zero attached hydrogens (tertiary/aromatic N) is 1. The predicted octanol–water partition coefficient (Wildman–Crippen LogP) is 0.497. The number of hydrogen-bond acceptors (Lipinski definition) is 4. The summed E-state index contributed by atoms with van der Waals surface area (Å²) in [6.45, 7) is 0. The molecule has 2 aliphatic heterocycles. The highest BCUT2D eigenvalue weighted by Crippen LogP contribution is 2.47. The molecular weight excluding hydrogens is 220 g/mol. The summed E-state index contributed by atoms with van der Waals surface area (Å²) in [5.74, 6) is -0.468. The van der Waals surface area contributed by atoms with Gasteiger partial charge >= 0.3 is 0 Å². The SMILES string of the molecule is COC1(C2OC2C(N)=O)C=Nc2ccccc21. The summed E-state index contributed by atoms with van der Waals surface area (Å²) in [6, 6.07) is 7.63. The first kappa shape index (κ1) is 10.4. The Labute approximate surface area is 98.2 Å². The van der Waals surface area contributed by atoms with Crippen LogP contribution in [-0.4, -0.2) is 31.4 Å². The van der Waals surface area contributed by atoms with Gasteiger partial charge in [-0.05, 0) is 6.07 Å². The van der Waals surface area contributed by atoms with Gasteiger partial charge < -0.3 is 15.2 Å². The van der Waals surface area contributed by atoms with Crippen LogP contribution in [0.3, 0.4) is 0 Å². The molecular formula is C12H12N2O3. The van der Waals surface area contributed by atoms with Crippen molar-refractivity contribution in [3.8, 4) is 0 Å². The van der Waals surface area contributed by atoms with Gasteiger partial charge in [0, 0.05) is 18.9 Å². The number of nitrogens with two attached hydrogens (primary N) is 1. The van der Waals surface area contributed by atoms with E-state index in [-0.39, 0.29) is 6.10 Å². The molecule has 2 heterocycles. The quantitative estimate of drug-likeness (QED) is 0.771. The number of ether oxygens (including phenoxy) is 2. The first-order valence-corrected chi connectivity index (χ1v) is 5.34. The van der Waals surface area contributed by atoms with Crippen LogP contribution in [0.1, 0.15) is 5.56 Å². The second-order valence-corrected chi connectivity index (χ2v) is 4.15. The number of methoxy groups -OCH3 is 1. The first-order valence-electron chi connectivity index (χ1n) is 5.34. The van der Waals surface area contributed by atoms with Gasteiger partial charge in [-0.25, -0.2) is 0 Å². The third-order valence-electron chi connectivity index (χ3n) is 3.25. The summed E-state index contributed by atoms with van der Waals surface area (Å²) in [7, 11) is 1.58. The number of epoxide rings is 1. The maximum atomic E-state index is 11.1. The molecule has 88 valence electrons. The molecule has 0 radical (unpaired) electrons. The monoisotopic (exact) mass is 232 g/mol. The van der Waals surface area contributed by atoms with Gasteiger partial charge in [-0.2, -0.15) is 0 Å². The lowest BCUT2D eigenvalue weighted by molar-refractivity contribution is -0.119. The number of primary amides is 1. The number of carbonyl (C=O) groups excluding carboxylic acids is 1. The average molecular weight is 232 g/mol. The fourth-order valence-electron chi connectivity index (χ4n) is 2.31. The van der Waals surface area contributed by atoms with E-state index in [1.165, 1.54) is 0 Å². The van der Waals surface area contributed by atoms with E-state index < -0.39 is 17.6 Å². The summed E-state index contributed by atoms with van der Waals surface area (Å²) in [5.41, 5.74) is 6.20. The van der Waals surface area contributed by atoms with Gasteiger partial charge in [-0.3, -0.25) is 9.79 Å². The molecule has 0 aliphatic carbocycles. The maximum Gasteiger partial charge on any atom is 0.249 e. The van der Waals surface area contributed by atoms with Crippen molar-refractivity contribution >= 4 is 17.8 Å². The van der Waals surface area contributed by atoms with Crippen LogP contribution in [0, 0.1) is 0 Å². The second kappa shape index (κ2) is 3.38. The largest absolute Gasteiger partial charge is 0.367 e. The van der Waals surface area contributed by atoms with Gasteiger partial charge in [-0.1, -0.05) is 18.2 Å². The van der Waals surface area contributed by atoms with Crippen LogP contribution in [0.5, 0.6) is 0 Å². The van der Waals surface area contributed by atoms with Crippen molar-refractivity contribution in [1.82, 2.24) is 0 Å². The minimum absolute atomic E-state index is 0.377. The molecule has 1 aromatic carbocycles. The number of para-hydroxylation sites is 1. The molecule has 0 saturated carbocycles. The van der Waals surface area contributed by atoms with Crippen molar-refractivity contribution in [3.05, 3.63) is 29.8 Å². The Bertz CT molecular complexity index is 514. The average Bonchev–Trinajstić information content (AvgIpc) is 3.06. The Balaban J connectivity index is 2.01. The second-order valence-electron chi connectivity index (χ2n) is 4.15. The van der Waals surface area contributed by atoms with E-state index in [0.29, 0.717) is 0 Å². The molecule has 2 N–H and O–H groups in total. The number of aliphatic imine (C=N–C) groups is 1. The zero-order valence-corrected chi connectivity index (χ0v) is 9.29. The van der Waals surface area contributed by atoms with E-state index in [1.807, 2.05) is 24.3 Å². The van der Waals surface area contributed by atoms with Crippen molar-refractivity contribution in [2.45, 2.75) is 17.8 Å². The van der Waals surface area contributed by atoms with E-state index in [2.05, 4.69) is 4.99 Å². The van der Waals surface area contributed by atoms with E-state index in [1.54, 1.807) is 13.3 Å². The zero-order chi connectivity index (χ0) is 12.0. The maximum absolute atomic E-state index is 11.1. The fraction of sp³-hybridized carbons (Fsp3) is 0.333. The van der Waals surface area contributed by atoms with Crippen LogP contribution < -0.4 is 5.73 Å². The third kappa shape index (κ3) is 1.33. The normalized spacial score (nSPS) is 33.5. The van der Waals surface area contributed by atoms with Gasteiger partial charge in [0.2, 0.25) is 5.91 Å². The van der Waals surface area contributed by atoms with Crippen molar-refractivity contribution < 1.29 is 14.3 Å². The number of carbonyl (C=O) groups is 1. The highest BCUT2D eigenvalue weighted by Gasteiger charge is 2.60. The molecule has 1 amide bonds. The number of amides is 1. The Hall–Kier alpha value is -1.72. The number of fused-ring (bicyclic) bond motifs is 1. The number of hydrogen-bond donors (Lipinski definition) is 1. The molecule has 1 aromatic rings. The molecule has 1 fully saturated rings. The number of rotatable bonds is 3. The third-order valence-corrected chi connectivity index (χ3v) is 3.25. The molecule has 5 heteroatoms. The lowest BCUT2D eigenvalue weighted by Gasteiger charge is -2.24. The summed E-state index contributed by atoms with van der Waals surface area (Å²) in [6.07, 6.45) is 0.718. The minimum Gasteiger partial charge on any atom is -0.367 e. The van der Waals surface area contributed by atoms with Gasteiger partial charge in [0.15, 0.2) is 11.7 Å². The van der Waals surface area contributed by atoms with Crippen LogP contribution >= 0.6 is 0 Å². The van der Waals surface area contributed by atoms with Crippen molar-refractivity contribution in [2.75, 3.05) is 7.11 Å². The summed E-state index contributed by atoms with van der Waals surface area (Å²) < 4.78 is 10.9. The van der Waals surface area contributed by atoms with Gasteiger partial charge in [0.1, 0.15) is 6.10 Å². The van der Waals surface area contributed by atoms with E-state index in [9.17, 15) is 4.79 Å². The molecule has 1 saturated heterocycles. The highest BCUT2D eigenvalue weighted by atomic mass is 16.6. The number of benzene rings is 1. The fourth-order valence-corrected chi connectivity index (χ4v) is 2.31. The Kier molecular flexibility index (Phi) is 2.08. The Morgan fingerprint density at radius 3 is 2.94 bits per heavy atom. The Morgan fingerprint density at radius 2 is 2.29 bits per heavy atom. The highest BCUT2D eigenvalue weighted by molar-refractivity contribution is 5.89. The smallest absolute Gasteiger partial charge is 0.249 e. The summed E-state index contributed by atoms with van der Waals surface area (Å²) in [4.78, 5) is 15.4. The molecule has 3 rings (SSSR count). The molecule has 17 heavy (non-hydrogen) atoms. The molecule has 5 nitrogen and oxygen atoms in total. The van der Waals surface area contributed by atoms with Crippen LogP contribution in [0.4, 0.5) is 5.69 Å².